The Bertz CT molecular complexity index is 517. The highest BCUT2D eigenvalue weighted by atomic mass is 32.1. The van der Waals surface area contributed by atoms with Gasteiger partial charge in [-0.15, -0.1) is 5.10 Å². The zero-order valence-electron chi connectivity index (χ0n) is 11.9. The van der Waals surface area contributed by atoms with Crippen molar-refractivity contribution in [2.45, 2.75) is 39.2 Å². The van der Waals surface area contributed by atoms with Gasteiger partial charge in [0.05, 0.1) is 22.3 Å². The van der Waals surface area contributed by atoms with Gasteiger partial charge in [0.1, 0.15) is 0 Å². The van der Waals surface area contributed by atoms with Crippen molar-refractivity contribution in [3.63, 3.8) is 0 Å². The zero-order valence-corrected chi connectivity index (χ0v) is 12.7. The average Bonchev–Trinajstić information content (AvgIpc) is 2.97. The molecule has 0 amide bonds. The molecule has 1 N–H and O–H groups in total. The third-order valence-electron chi connectivity index (χ3n) is 3.04. The first-order chi connectivity index (χ1) is 9.11. The summed E-state index contributed by atoms with van der Waals surface area (Å²) in [6.45, 7) is 7.36. The molecule has 0 fully saturated rings. The molecule has 0 spiro atoms. The van der Waals surface area contributed by atoms with Gasteiger partial charge >= 0.3 is 0 Å². The van der Waals surface area contributed by atoms with Crippen molar-refractivity contribution in [3.05, 3.63) is 28.5 Å². The van der Waals surface area contributed by atoms with Crippen LogP contribution in [0.2, 0.25) is 0 Å². The summed E-state index contributed by atoms with van der Waals surface area (Å²) in [5.41, 5.74) is 2.20. The summed E-state index contributed by atoms with van der Waals surface area (Å²) in [6.07, 6.45) is 2.85. The molecule has 0 radical (unpaired) electrons. The second kappa shape index (κ2) is 6.25. The second-order valence-corrected chi connectivity index (χ2v) is 5.76. The lowest BCUT2D eigenvalue weighted by molar-refractivity contribution is 0.539. The first-order valence-corrected chi connectivity index (χ1v) is 7.43. The van der Waals surface area contributed by atoms with Crippen LogP contribution in [0.3, 0.4) is 0 Å². The van der Waals surface area contributed by atoms with E-state index in [1.807, 2.05) is 17.9 Å². The maximum atomic E-state index is 4.46. The minimum atomic E-state index is 0.248. The normalized spacial score (nSPS) is 13.1. The molecule has 5 nitrogen and oxygen atoms in total. The van der Waals surface area contributed by atoms with Crippen molar-refractivity contribution in [2.24, 2.45) is 7.05 Å². The Morgan fingerprint density at radius 1 is 1.42 bits per heavy atom. The predicted molar refractivity (Wildman–Crippen MR) is 77.3 cm³/mol. The Morgan fingerprint density at radius 2 is 2.21 bits per heavy atom. The lowest BCUT2D eigenvalue weighted by atomic mass is 10.0. The largest absolute Gasteiger partial charge is 0.309 e. The fourth-order valence-corrected chi connectivity index (χ4v) is 3.01. The van der Waals surface area contributed by atoms with Crippen LogP contribution >= 0.6 is 11.5 Å². The Balaban J connectivity index is 2.21. The van der Waals surface area contributed by atoms with Crippen molar-refractivity contribution in [1.29, 1.82) is 0 Å². The highest BCUT2D eigenvalue weighted by Gasteiger charge is 2.21. The maximum absolute atomic E-state index is 4.46. The molecule has 1 unspecified atom stereocenters. The van der Waals surface area contributed by atoms with Crippen molar-refractivity contribution in [2.75, 3.05) is 6.54 Å². The molecule has 2 aromatic rings. The van der Waals surface area contributed by atoms with Crippen LogP contribution in [0.1, 0.15) is 49.0 Å². The molecular weight excluding hydrogens is 258 g/mol. The molecule has 6 heteroatoms. The van der Waals surface area contributed by atoms with E-state index >= 15 is 0 Å². The van der Waals surface area contributed by atoms with E-state index in [0.717, 1.165) is 24.4 Å². The standard InChI is InChI=1S/C13H21N5S/c1-5-14-11(8-10-6-7-18(4)16-10)13-12(9(2)3)15-17-19-13/h6-7,9,11,14H,5,8H2,1-4H3. The van der Waals surface area contributed by atoms with Crippen molar-refractivity contribution in [3.8, 4) is 0 Å². The molecule has 0 aliphatic carbocycles. The summed E-state index contributed by atoms with van der Waals surface area (Å²) in [6, 6.07) is 2.31. The number of nitrogens with one attached hydrogen (secondary N) is 1. The minimum absolute atomic E-state index is 0.248. The highest BCUT2D eigenvalue weighted by molar-refractivity contribution is 7.05. The molecular formula is C13H21N5S. The van der Waals surface area contributed by atoms with E-state index in [0.29, 0.717) is 5.92 Å². The molecule has 0 bridgehead atoms. The van der Waals surface area contributed by atoms with Crippen molar-refractivity contribution in [1.82, 2.24) is 24.7 Å². The topological polar surface area (TPSA) is 55.6 Å². The number of likely N-dealkylation sites (N-methyl/N-ethyl adjacent to an activating group) is 1. The molecule has 2 heterocycles. The van der Waals surface area contributed by atoms with E-state index in [1.165, 1.54) is 16.4 Å². The van der Waals surface area contributed by atoms with Gasteiger partial charge in [0.15, 0.2) is 0 Å². The summed E-state index contributed by atoms with van der Waals surface area (Å²) in [5.74, 6) is 0.402. The van der Waals surface area contributed by atoms with Gasteiger partial charge in [-0.1, -0.05) is 25.3 Å². The number of rotatable bonds is 6. The maximum Gasteiger partial charge on any atom is 0.0829 e. The van der Waals surface area contributed by atoms with E-state index in [2.05, 4.69) is 46.8 Å². The molecule has 0 aliphatic heterocycles. The monoisotopic (exact) mass is 279 g/mol. The molecule has 0 aromatic carbocycles. The Morgan fingerprint density at radius 3 is 2.79 bits per heavy atom. The van der Waals surface area contributed by atoms with Gasteiger partial charge in [0.25, 0.3) is 0 Å². The summed E-state index contributed by atoms with van der Waals surface area (Å²) < 4.78 is 5.96. The smallest absolute Gasteiger partial charge is 0.0829 e. The predicted octanol–water partition coefficient (Wildman–Crippen LogP) is 2.29. The van der Waals surface area contributed by atoms with Gasteiger partial charge in [0.2, 0.25) is 0 Å². The molecule has 19 heavy (non-hydrogen) atoms. The van der Waals surface area contributed by atoms with E-state index in [9.17, 15) is 0 Å². The van der Waals surface area contributed by atoms with Crippen molar-refractivity contribution < 1.29 is 0 Å². The SMILES string of the molecule is CCNC(Cc1ccn(C)n1)c1snnc1C(C)C. The summed E-state index contributed by atoms with van der Waals surface area (Å²) in [5, 5.41) is 12.2. The van der Waals surface area contributed by atoms with Gasteiger partial charge in [-0.2, -0.15) is 5.10 Å². The second-order valence-electron chi connectivity index (χ2n) is 4.97. The molecule has 0 saturated carbocycles. The quantitative estimate of drug-likeness (QED) is 0.881. The molecule has 0 saturated heterocycles. The first-order valence-electron chi connectivity index (χ1n) is 6.65. The molecule has 104 valence electrons. The number of hydrogen-bond donors (Lipinski definition) is 1. The average molecular weight is 279 g/mol. The van der Waals surface area contributed by atoms with Crippen LogP contribution in [-0.2, 0) is 13.5 Å². The van der Waals surface area contributed by atoms with Crippen LogP contribution in [0.25, 0.3) is 0 Å². The van der Waals surface area contributed by atoms with Crippen LogP contribution in [0.4, 0.5) is 0 Å². The number of hydrogen-bond acceptors (Lipinski definition) is 5. The van der Waals surface area contributed by atoms with E-state index in [4.69, 9.17) is 0 Å². The fraction of sp³-hybridized carbons (Fsp3) is 0.615. The molecule has 0 aliphatic rings. The Hall–Kier alpha value is -1.27. The van der Waals surface area contributed by atoms with Gasteiger partial charge in [-0.3, -0.25) is 4.68 Å². The van der Waals surface area contributed by atoms with Crippen LogP contribution < -0.4 is 5.32 Å². The minimum Gasteiger partial charge on any atom is -0.309 e. The summed E-state index contributed by atoms with van der Waals surface area (Å²) in [7, 11) is 1.94. The van der Waals surface area contributed by atoms with Crippen LogP contribution in [0.5, 0.6) is 0 Å². The number of aromatic nitrogens is 4. The van der Waals surface area contributed by atoms with Gasteiger partial charge < -0.3 is 5.32 Å². The van der Waals surface area contributed by atoms with E-state index in [1.54, 1.807) is 0 Å². The third kappa shape index (κ3) is 3.39. The van der Waals surface area contributed by atoms with Gasteiger partial charge in [0, 0.05) is 19.7 Å². The number of nitrogens with zero attached hydrogens (tertiary/aromatic N) is 4. The lowest BCUT2D eigenvalue weighted by Crippen LogP contribution is -2.23. The van der Waals surface area contributed by atoms with Crippen LogP contribution in [0, 0.1) is 0 Å². The van der Waals surface area contributed by atoms with Crippen LogP contribution in [-0.4, -0.2) is 25.9 Å². The lowest BCUT2D eigenvalue weighted by Gasteiger charge is -2.17. The molecule has 1 atom stereocenters. The number of aryl methyl sites for hydroxylation is 1. The van der Waals surface area contributed by atoms with Crippen molar-refractivity contribution >= 4 is 11.5 Å². The zero-order chi connectivity index (χ0) is 13.8. The van der Waals surface area contributed by atoms with Gasteiger partial charge in [-0.05, 0) is 30.1 Å². The third-order valence-corrected chi connectivity index (χ3v) is 3.89. The van der Waals surface area contributed by atoms with Gasteiger partial charge in [-0.25, -0.2) is 0 Å². The fourth-order valence-electron chi connectivity index (χ4n) is 2.13. The van der Waals surface area contributed by atoms with E-state index in [-0.39, 0.29) is 6.04 Å². The molecule has 2 aromatic heterocycles. The van der Waals surface area contributed by atoms with Crippen LogP contribution in [0.15, 0.2) is 12.3 Å². The first kappa shape index (κ1) is 14.1. The Kier molecular flexibility index (Phi) is 4.66. The highest BCUT2D eigenvalue weighted by Crippen LogP contribution is 2.28. The summed E-state index contributed by atoms with van der Waals surface area (Å²) >= 11 is 1.49. The molecule has 2 rings (SSSR count). The Labute approximate surface area is 118 Å². The van der Waals surface area contributed by atoms with E-state index < -0.39 is 0 Å². The summed E-state index contributed by atoms with van der Waals surface area (Å²) in [4.78, 5) is 1.24.